The second-order valence-corrected chi connectivity index (χ2v) is 13.5. The normalized spacial score (nSPS) is 23.9. The van der Waals surface area contributed by atoms with Gasteiger partial charge in [0.1, 0.15) is 5.75 Å². The lowest BCUT2D eigenvalue weighted by atomic mass is 9.59. The van der Waals surface area contributed by atoms with E-state index in [-0.39, 0.29) is 35.6 Å². The maximum Gasteiger partial charge on any atom is 0.238 e. The Morgan fingerprint density at radius 2 is 1.53 bits per heavy atom. The van der Waals surface area contributed by atoms with E-state index in [1.807, 2.05) is 49.3 Å². The Kier molecular flexibility index (Phi) is 7.63. The molecule has 7 rings (SSSR count). The van der Waals surface area contributed by atoms with Gasteiger partial charge in [-0.1, -0.05) is 27.6 Å². The highest BCUT2D eigenvalue weighted by atomic mass is 79.9. The molecular weight excluding hydrogens is 660 g/mol. The van der Waals surface area contributed by atoms with E-state index in [0.29, 0.717) is 50.2 Å². The van der Waals surface area contributed by atoms with Gasteiger partial charge in [0.2, 0.25) is 11.8 Å². The Morgan fingerprint density at radius 3 is 2.19 bits per heavy atom. The van der Waals surface area contributed by atoms with Gasteiger partial charge in [0.25, 0.3) is 0 Å². The molecule has 3 aliphatic carbocycles. The van der Waals surface area contributed by atoms with Crippen molar-refractivity contribution in [3.8, 4) is 5.75 Å². The molecule has 4 atom stereocenters. The summed E-state index contributed by atoms with van der Waals surface area (Å²) in [5.41, 5.74) is 5.03. The summed E-state index contributed by atoms with van der Waals surface area (Å²) in [6.45, 7) is 1.61. The Bertz CT molecular complexity index is 1990. The highest BCUT2D eigenvalue weighted by molar-refractivity contribution is 9.10. The van der Waals surface area contributed by atoms with E-state index in [9.17, 15) is 24.3 Å². The van der Waals surface area contributed by atoms with Crippen molar-refractivity contribution in [2.75, 3.05) is 23.9 Å². The largest absolute Gasteiger partial charge is 0.508 e. The number of hydrogen-bond donors (Lipinski definition) is 1. The molecule has 0 spiro atoms. The van der Waals surface area contributed by atoms with Crippen molar-refractivity contribution in [3.05, 3.63) is 111 Å². The molecule has 1 saturated heterocycles. The van der Waals surface area contributed by atoms with E-state index in [1.165, 1.54) is 11.0 Å². The van der Waals surface area contributed by atoms with Crippen LogP contribution in [0.2, 0.25) is 0 Å². The number of allylic oxidation sites excluding steroid dienone is 6. The Balaban J connectivity index is 1.20. The summed E-state index contributed by atoms with van der Waals surface area (Å²) in [5.74, 6) is -3.70. The Labute approximate surface area is 280 Å². The fraction of sp³-hybridized carbons (Fsp3) is 0.243. The number of phenolic OH excluding ortho intramolecular Hbond substituents is 1. The third-order valence-corrected chi connectivity index (χ3v) is 10.1. The number of carbonyl (C=O) groups excluding carboxylic acids is 4. The lowest BCUT2D eigenvalue weighted by molar-refractivity contribution is -0.123. The molecule has 1 aliphatic heterocycles. The van der Waals surface area contributed by atoms with Crippen LogP contribution < -0.4 is 9.80 Å². The Hall–Kier alpha value is -4.96. The highest BCUT2D eigenvalue weighted by Gasteiger charge is 2.56. The predicted molar refractivity (Wildman–Crippen MR) is 181 cm³/mol. The van der Waals surface area contributed by atoms with Gasteiger partial charge in [-0.25, -0.2) is 0 Å². The van der Waals surface area contributed by atoms with Crippen molar-refractivity contribution in [2.45, 2.75) is 25.7 Å². The lowest BCUT2D eigenvalue weighted by Crippen LogP contribution is -2.39. The van der Waals surface area contributed by atoms with Crippen molar-refractivity contribution in [1.82, 2.24) is 0 Å². The van der Waals surface area contributed by atoms with Crippen LogP contribution >= 0.6 is 15.9 Å². The minimum absolute atomic E-state index is 0.0153. The summed E-state index contributed by atoms with van der Waals surface area (Å²) in [4.78, 5) is 58.2. The van der Waals surface area contributed by atoms with Crippen LogP contribution in [0.5, 0.6) is 5.75 Å². The van der Waals surface area contributed by atoms with Crippen LogP contribution in [0.1, 0.15) is 31.2 Å². The van der Waals surface area contributed by atoms with Crippen LogP contribution in [0.25, 0.3) is 0 Å². The van der Waals surface area contributed by atoms with Crippen LogP contribution in [0, 0.1) is 17.8 Å². The number of ketones is 2. The number of fused-ring (bicyclic) bond motifs is 3. The molecule has 9 nitrogen and oxygen atoms in total. The molecule has 3 aromatic rings. The molecule has 47 heavy (non-hydrogen) atoms. The van der Waals surface area contributed by atoms with E-state index in [0.717, 1.165) is 11.3 Å². The van der Waals surface area contributed by atoms with Crippen LogP contribution in [-0.4, -0.2) is 42.6 Å². The van der Waals surface area contributed by atoms with E-state index < -0.39 is 23.7 Å². The summed E-state index contributed by atoms with van der Waals surface area (Å²) >= 11 is 3.48. The maximum absolute atomic E-state index is 14.2. The van der Waals surface area contributed by atoms with Crippen molar-refractivity contribution in [2.24, 2.45) is 28.0 Å². The monoisotopic (exact) mass is 690 g/mol. The maximum atomic E-state index is 14.2. The number of benzene rings is 3. The van der Waals surface area contributed by atoms with E-state index >= 15 is 0 Å². The first kappa shape index (κ1) is 30.7. The van der Waals surface area contributed by atoms with Crippen LogP contribution in [0.3, 0.4) is 0 Å². The van der Waals surface area contributed by atoms with Gasteiger partial charge in [0.05, 0.1) is 28.9 Å². The number of imide groups is 1. The number of halogens is 1. The van der Waals surface area contributed by atoms with E-state index in [2.05, 4.69) is 26.2 Å². The highest BCUT2D eigenvalue weighted by Crippen LogP contribution is 2.56. The Morgan fingerprint density at radius 1 is 0.872 bits per heavy atom. The van der Waals surface area contributed by atoms with Gasteiger partial charge in [-0.2, -0.15) is 10.2 Å². The fourth-order valence-corrected chi connectivity index (χ4v) is 7.73. The minimum atomic E-state index is -0.719. The van der Waals surface area contributed by atoms with Gasteiger partial charge < -0.3 is 10.0 Å². The third-order valence-electron chi connectivity index (χ3n) is 9.62. The number of phenols is 1. The van der Waals surface area contributed by atoms with Crippen molar-refractivity contribution >= 4 is 62.1 Å². The number of anilines is 2. The molecule has 0 aromatic heterocycles. The molecule has 1 fully saturated rings. The van der Waals surface area contributed by atoms with Gasteiger partial charge in [0.15, 0.2) is 11.6 Å². The van der Waals surface area contributed by atoms with Gasteiger partial charge >= 0.3 is 0 Å². The fourth-order valence-electron chi connectivity index (χ4n) is 7.35. The van der Waals surface area contributed by atoms with E-state index in [1.54, 1.807) is 49.4 Å². The molecule has 4 aliphatic rings. The number of hydrogen-bond acceptors (Lipinski definition) is 8. The number of azo groups is 1. The number of rotatable bonds is 5. The van der Waals surface area contributed by atoms with Crippen LogP contribution in [-0.2, 0) is 19.2 Å². The molecule has 3 aromatic carbocycles. The smallest absolute Gasteiger partial charge is 0.238 e. The van der Waals surface area contributed by atoms with Crippen LogP contribution in [0.15, 0.2) is 116 Å². The van der Waals surface area contributed by atoms with Crippen LogP contribution in [0.4, 0.5) is 22.7 Å². The molecule has 1 heterocycles. The lowest BCUT2D eigenvalue weighted by Gasteiger charge is -2.42. The molecule has 0 unspecified atom stereocenters. The first-order valence-electron chi connectivity index (χ1n) is 15.4. The molecule has 2 amide bonds. The predicted octanol–water partition coefficient (Wildman–Crippen LogP) is 7.27. The molecule has 0 saturated carbocycles. The standard InChI is InChI=1S/C37H31BrN4O5/c1-19-16-31(44)34-29(35(19)45)18-27-25(32(34)28-17-20(38)4-15-30(28)43)13-14-26-33(27)37(47)42(36(26)46)24-11-7-22(8-12-24)40-39-21-5-9-23(10-6-21)41(2)3/h4-13,15-17,26-27,32-33,43H,14,18H2,1-3H3/t26-,27+,32+,33-/m0/s1. The zero-order chi connectivity index (χ0) is 33.1. The number of carbonyl (C=O) groups is 4. The summed E-state index contributed by atoms with van der Waals surface area (Å²) in [5, 5.41) is 19.6. The quantitative estimate of drug-likeness (QED) is 0.130. The first-order chi connectivity index (χ1) is 22.5. The first-order valence-corrected chi connectivity index (χ1v) is 16.2. The SMILES string of the molecule is CC1=CC(=O)C2=C(C[C@@H]3C(=CC[C@@H]4C(=O)N(c5ccc(N=Nc6ccc(N(C)C)cc6)cc5)C(=O)[C@@H]43)[C@@H]2c2cc(Br)ccc2O)C1=O. The summed E-state index contributed by atoms with van der Waals surface area (Å²) in [7, 11) is 3.93. The zero-order valence-electron chi connectivity index (χ0n) is 26.0. The number of Topliss-reactive ketones (excluding diaryl/α,β-unsaturated/α-hetero) is 1. The molecule has 0 radical (unpaired) electrons. The third kappa shape index (κ3) is 5.17. The number of amides is 2. The van der Waals surface area contributed by atoms with Gasteiger partial charge in [-0.05, 0) is 98.5 Å². The average molecular weight is 692 g/mol. The van der Waals surface area contributed by atoms with Crippen molar-refractivity contribution < 1.29 is 24.3 Å². The second kappa shape index (κ2) is 11.7. The topological polar surface area (TPSA) is 120 Å². The summed E-state index contributed by atoms with van der Waals surface area (Å²) in [6.07, 6.45) is 3.77. The molecule has 1 N–H and O–H groups in total. The van der Waals surface area contributed by atoms with Crippen molar-refractivity contribution in [3.63, 3.8) is 0 Å². The number of aromatic hydroxyl groups is 1. The van der Waals surface area contributed by atoms with Gasteiger partial charge in [-0.15, -0.1) is 0 Å². The number of nitrogens with zero attached hydrogens (tertiary/aromatic N) is 4. The zero-order valence-corrected chi connectivity index (χ0v) is 27.6. The average Bonchev–Trinajstić information content (AvgIpc) is 3.32. The van der Waals surface area contributed by atoms with Gasteiger partial charge in [0, 0.05) is 52.5 Å². The molecule has 236 valence electrons. The summed E-state index contributed by atoms with van der Waals surface area (Å²) < 4.78 is 0.702. The van der Waals surface area contributed by atoms with Crippen molar-refractivity contribution in [1.29, 1.82) is 0 Å². The minimum Gasteiger partial charge on any atom is -0.508 e. The second-order valence-electron chi connectivity index (χ2n) is 12.6. The summed E-state index contributed by atoms with van der Waals surface area (Å²) in [6, 6.07) is 19.4. The molecular formula is C37H31BrN4O5. The molecule has 0 bridgehead atoms. The van der Waals surface area contributed by atoms with Gasteiger partial charge in [-0.3, -0.25) is 24.1 Å². The molecule has 10 heteroatoms. The van der Waals surface area contributed by atoms with E-state index in [4.69, 9.17) is 0 Å².